The van der Waals surface area contributed by atoms with E-state index in [-0.39, 0.29) is 10.6 Å². The molecule has 0 radical (unpaired) electrons. The number of hydrazone groups is 1. The molecule has 1 aliphatic heterocycles. The van der Waals surface area contributed by atoms with E-state index in [1.165, 1.54) is 12.1 Å². The Kier molecular flexibility index (Phi) is 3.48. The van der Waals surface area contributed by atoms with Gasteiger partial charge in [-0.2, -0.15) is 23.3 Å². The van der Waals surface area contributed by atoms with Gasteiger partial charge in [0.05, 0.1) is 11.3 Å². The van der Waals surface area contributed by atoms with Crippen LogP contribution in [0, 0.1) is 0 Å². The number of benzene rings is 1. The van der Waals surface area contributed by atoms with Crippen LogP contribution in [0.1, 0.15) is 16.8 Å². The van der Waals surface area contributed by atoms with Crippen LogP contribution in [0.2, 0.25) is 0 Å². The average Bonchev–Trinajstić information content (AvgIpc) is 3.16. The van der Waals surface area contributed by atoms with Crippen molar-refractivity contribution in [2.45, 2.75) is 18.3 Å². The third kappa shape index (κ3) is 2.40. The minimum absolute atomic E-state index is 0.00502. The van der Waals surface area contributed by atoms with Crippen LogP contribution < -0.4 is 0 Å². The predicted octanol–water partition coefficient (Wildman–Crippen LogP) is 2.56. The van der Waals surface area contributed by atoms with Crippen molar-refractivity contribution in [3.05, 3.63) is 54.4 Å². The van der Waals surface area contributed by atoms with Gasteiger partial charge in [-0.3, -0.25) is 4.79 Å². The van der Waals surface area contributed by atoms with Crippen molar-refractivity contribution in [3.63, 3.8) is 0 Å². The van der Waals surface area contributed by atoms with Crippen LogP contribution in [0.5, 0.6) is 0 Å². The predicted molar refractivity (Wildman–Crippen MR) is 76.1 cm³/mol. The Morgan fingerprint density at radius 2 is 1.83 bits per heavy atom. The van der Waals surface area contributed by atoms with E-state index >= 15 is 0 Å². The topological polar surface area (TPSA) is 57.8 Å². The number of alkyl halides is 3. The number of nitrogens with zero attached hydrogens (tertiary/aromatic N) is 3. The van der Waals surface area contributed by atoms with Crippen LogP contribution in [-0.2, 0) is 0 Å². The summed E-state index contributed by atoms with van der Waals surface area (Å²) in [6.07, 6.45) is -1.61. The van der Waals surface area contributed by atoms with E-state index in [1.54, 1.807) is 41.2 Å². The number of aliphatic hydroxyl groups is 1. The van der Waals surface area contributed by atoms with Gasteiger partial charge >= 0.3 is 6.18 Å². The highest BCUT2D eigenvalue weighted by Gasteiger charge is 2.61. The van der Waals surface area contributed by atoms with Gasteiger partial charge in [-0.15, -0.1) is 0 Å². The van der Waals surface area contributed by atoms with E-state index in [9.17, 15) is 23.1 Å². The summed E-state index contributed by atoms with van der Waals surface area (Å²) >= 11 is 0. The normalized spacial score (nSPS) is 21.0. The molecule has 0 bridgehead atoms. The highest BCUT2D eigenvalue weighted by Crippen LogP contribution is 2.39. The maximum atomic E-state index is 13.1. The van der Waals surface area contributed by atoms with Gasteiger partial charge in [0.1, 0.15) is 0 Å². The average molecular weight is 323 g/mol. The number of para-hydroxylation sites is 1. The Balaban J connectivity index is 2.04. The van der Waals surface area contributed by atoms with E-state index in [0.717, 1.165) is 6.21 Å². The minimum Gasteiger partial charge on any atom is -0.362 e. The molecule has 5 nitrogen and oxygen atoms in total. The molecule has 8 heteroatoms. The number of rotatable bonds is 2. The van der Waals surface area contributed by atoms with E-state index in [1.807, 2.05) is 0 Å². The molecule has 120 valence electrons. The number of carbonyl (C=O) groups excluding carboxylic acids is 1. The zero-order valence-electron chi connectivity index (χ0n) is 11.7. The smallest absolute Gasteiger partial charge is 0.362 e. The quantitative estimate of drug-likeness (QED) is 0.923. The van der Waals surface area contributed by atoms with E-state index in [4.69, 9.17) is 0 Å². The molecule has 0 aliphatic carbocycles. The number of hydrogen-bond donors (Lipinski definition) is 1. The lowest BCUT2D eigenvalue weighted by Crippen LogP contribution is -2.56. The van der Waals surface area contributed by atoms with Crippen LogP contribution in [0.25, 0.3) is 5.69 Å². The van der Waals surface area contributed by atoms with Gasteiger partial charge in [0, 0.05) is 25.0 Å². The number of aromatic nitrogens is 1. The van der Waals surface area contributed by atoms with Gasteiger partial charge in [0.25, 0.3) is 11.6 Å². The number of halogens is 3. The van der Waals surface area contributed by atoms with Crippen molar-refractivity contribution in [1.82, 2.24) is 9.58 Å². The molecule has 23 heavy (non-hydrogen) atoms. The maximum Gasteiger partial charge on any atom is 0.438 e. The molecule has 1 atom stereocenters. The van der Waals surface area contributed by atoms with Crippen LogP contribution in [0.15, 0.2) is 53.9 Å². The third-order valence-corrected chi connectivity index (χ3v) is 3.59. The first kappa shape index (κ1) is 15.3. The van der Waals surface area contributed by atoms with E-state index in [0.29, 0.717) is 5.69 Å². The van der Waals surface area contributed by atoms with Crippen molar-refractivity contribution >= 4 is 12.1 Å². The molecule has 0 fully saturated rings. The summed E-state index contributed by atoms with van der Waals surface area (Å²) in [7, 11) is 0. The van der Waals surface area contributed by atoms with Gasteiger partial charge in [-0.1, -0.05) is 12.1 Å². The summed E-state index contributed by atoms with van der Waals surface area (Å²) in [5, 5.41) is 13.4. The molecule has 1 aliphatic rings. The largest absolute Gasteiger partial charge is 0.438 e. The molecule has 0 saturated carbocycles. The molecule has 1 aromatic heterocycles. The fourth-order valence-corrected chi connectivity index (χ4v) is 2.38. The van der Waals surface area contributed by atoms with E-state index < -0.39 is 24.2 Å². The molecular formula is C15H12F3N3O2. The first-order valence-electron chi connectivity index (χ1n) is 6.73. The van der Waals surface area contributed by atoms with Crippen LogP contribution in [-0.4, -0.2) is 38.7 Å². The highest BCUT2D eigenvalue weighted by atomic mass is 19.4. The van der Waals surface area contributed by atoms with Crippen LogP contribution in [0.4, 0.5) is 13.2 Å². The summed E-state index contributed by atoms with van der Waals surface area (Å²) < 4.78 is 40.9. The van der Waals surface area contributed by atoms with Gasteiger partial charge in [-0.25, -0.2) is 0 Å². The summed E-state index contributed by atoms with van der Waals surface area (Å²) in [4.78, 5) is 12.6. The Hall–Kier alpha value is -2.61. The van der Waals surface area contributed by atoms with Gasteiger partial charge in [0.2, 0.25) is 0 Å². The molecule has 3 rings (SSSR count). The summed E-state index contributed by atoms with van der Waals surface area (Å²) in [6.45, 7) is 0. The molecule has 1 N–H and O–H groups in total. The van der Waals surface area contributed by atoms with Crippen LogP contribution >= 0.6 is 0 Å². The second kappa shape index (κ2) is 5.24. The van der Waals surface area contributed by atoms with Gasteiger partial charge in [0.15, 0.2) is 0 Å². The lowest BCUT2D eigenvalue weighted by molar-refractivity contribution is -0.297. The Morgan fingerprint density at radius 3 is 2.48 bits per heavy atom. The monoisotopic (exact) mass is 323 g/mol. The van der Waals surface area contributed by atoms with E-state index in [2.05, 4.69) is 5.10 Å². The molecule has 2 aromatic rings. The van der Waals surface area contributed by atoms with Crippen LogP contribution in [0.3, 0.4) is 0 Å². The third-order valence-electron chi connectivity index (χ3n) is 3.59. The number of amides is 1. The minimum atomic E-state index is -5.01. The first-order chi connectivity index (χ1) is 10.8. The number of carbonyl (C=O) groups is 1. The molecule has 2 heterocycles. The molecule has 0 spiro atoms. The van der Waals surface area contributed by atoms with Crippen molar-refractivity contribution < 1.29 is 23.1 Å². The Bertz CT molecular complexity index is 756. The zero-order chi connectivity index (χ0) is 16.7. The number of hydrogen-bond acceptors (Lipinski definition) is 3. The lowest BCUT2D eigenvalue weighted by Gasteiger charge is -2.32. The summed E-state index contributed by atoms with van der Waals surface area (Å²) in [6, 6.07) is 9.63. The second-order valence-electron chi connectivity index (χ2n) is 5.04. The van der Waals surface area contributed by atoms with Crippen molar-refractivity contribution in [1.29, 1.82) is 0 Å². The standard InChI is InChI=1S/C15H12F3N3O2/c16-15(17,18)14(23)7-8-19-21(14)13(22)11-5-1-2-6-12(11)20-9-3-4-10-20/h1-6,8-10,23H,7H2. The summed E-state index contributed by atoms with van der Waals surface area (Å²) in [5.74, 6) is -1.03. The van der Waals surface area contributed by atoms with Crippen molar-refractivity contribution in [3.8, 4) is 5.69 Å². The fourth-order valence-electron chi connectivity index (χ4n) is 2.38. The SMILES string of the molecule is O=C(c1ccccc1-n1cccc1)N1N=CCC1(O)C(F)(F)F. The molecule has 1 aromatic carbocycles. The first-order valence-corrected chi connectivity index (χ1v) is 6.73. The van der Waals surface area contributed by atoms with Crippen molar-refractivity contribution in [2.24, 2.45) is 5.10 Å². The molecule has 1 unspecified atom stereocenters. The second-order valence-corrected chi connectivity index (χ2v) is 5.04. The van der Waals surface area contributed by atoms with Gasteiger partial charge < -0.3 is 9.67 Å². The Labute approximate surface area is 129 Å². The highest BCUT2D eigenvalue weighted by molar-refractivity contribution is 5.99. The lowest BCUT2D eigenvalue weighted by atomic mass is 10.1. The van der Waals surface area contributed by atoms with Crippen molar-refractivity contribution in [2.75, 3.05) is 0 Å². The summed E-state index contributed by atoms with van der Waals surface area (Å²) in [5.41, 5.74) is -2.92. The van der Waals surface area contributed by atoms with Gasteiger partial charge in [-0.05, 0) is 24.3 Å². The maximum absolute atomic E-state index is 13.1. The molecular weight excluding hydrogens is 311 g/mol. The fraction of sp³-hybridized carbons (Fsp3) is 0.200. The Morgan fingerprint density at radius 1 is 1.17 bits per heavy atom. The molecule has 0 saturated heterocycles. The zero-order valence-corrected chi connectivity index (χ0v) is 11.7. The molecule has 1 amide bonds.